The SMILES string of the molecule is CCOc1nc(Nc2ccc(COC)c(C=O)c2)cc(N)c1C#N. The third-order valence-corrected chi connectivity index (χ3v) is 3.25. The number of aromatic nitrogens is 1. The molecule has 0 atom stereocenters. The summed E-state index contributed by atoms with van der Waals surface area (Å²) in [5.74, 6) is 0.598. The lowest BCUT2D eigenvalue weighted by atomic mass is 10.1. The minimum Gasteiger partial charge on any atom is -0.477 e. The van der Waals surface area contributed by atoms with Crippen molar-refractivity contribution in [3.63, 3.8) is 0 Å². The number of nitrogens with one attached hydrogen (secondary N) is 1. The van der Waals surface area contributed by atoms with Crippen LogP contribution in [0.4, 0.5) is 17.2 Å². The minimum absolute atomic E-state index is 0.175. The third kappa shape index (κ3) is 3.80. The van der Waals surface area contributed by atoms with Gasteiger partial charge in [0.1, 0.15) is 23.7 Å². The quantitative estimate of drug-likeness (QED) is 0.752. The van der Waals surface area contributed by atoms with Crippen LogP contribution in [0, 0.1) is 11.3 Å². The second-order valence-corrected chi connectivity index (χ2v) is 4.91. The van der Waals surface area contributed by atoms with Crippen molar-refractivity contribution in [2.24, 2.45) is 0 Å². The van der Waals surface area contributed by atoms with Crippen molar-refractivity contribution >= 4 is 23.5 Å². The zero-order valence-electron chi connectivity index (χ0n) is 13.5. The maximum Gasteiger partial charge on any atom is 0.235 e. The van der Waals surface area contributed by atoms with E-state index in [-0.39, 0.29) is 17.1 Å². The Kier molecular flexibility index (Phi) is 5.71. The van der Waals surface area contributed by atoms with E-state index in [0.29, 0.717) is 30.3 Å². The summed E-state index contributed by atoms with van der Waals surface area (Å²) in [6.07, 6.45) is 0.770. The van der Waals surface area contributed by atoms with Gasteiger partial charge in [-0.25, -0.2) is 0 Å². The fourth-order valence-electron chi connectivity index (χ4n) is 2.18. The Bertz CT molecular complexity index is 784. The molecule has 0 bridgehead atoms. The number of ether oxygens (including phenoxy) is 2. The molecule has 24 heavy (non-hydrogen) atoms. The number of rotatable bonds is 7. The second-order valence-electron chi connectivity index (χ2n) is 4.91. The Morgan fingerprint density at radius 2 is 2.21 bits per heavy atom. The molecule has 1 aromatic heterocycles. The lowest BCUT2D eigenvalue weighted by Gasteiger charge is -2.12. The molecule has 1 heterocycles. The number of nitrogen functional groups attached to an aromatic ring is 1. The number of nitrogens with zero attached hydrogens (tertiary/aromatic N) is 2. The summed E-state index contributed by atoms with van der Waals surface area (Å²) >= 11 is 0. The van der Waals surface area contributed by atoms with Crippen LogP contribution >= 0.6 is 0 Å². The molecule has 2 aromatic rings. The first kappa shape index (κ1) is 17.2. The van der Waals surface area contributed by atoms with E-state index in [1.807, 2.05) is 6.07 Å². The molecular formula is C17H18N4O3. The molecule has 0 aliphatic heterocycles. The second kappa shape index (κ2) is 7.94. The van der Waals surface area contributed by atoms with Crippen molar-refractivity contribution in [1.82, 2.24) is 4.98 Å². The smallest absolute Gasteiger partial charge is 0.235 e. The van der Waals surface area contributed by atoms with E-state index in [2.05, 4.69) is 10.3 Å². The molecule has 7 heteroatoms. The van der Waals surface area contributed by atoms with Crippen molar-refractivity contribution in [2.45, 2.75) is 13.5 Å². The molecule has 0 aliphatic rings. The molecule has 7 nitrogen and oxygen atoms in total. The third-order valence-electron chi connectivity index (χ3n) is 3.25. The first-order valence-electron chi connectivity index (χ1n) is 7.30. The Balaban J connectivity index is 2.34. The van der Waals surface area contributed by atoms with Crippen molar-refractivity contribution < 1.29 is 14.3 Å². The highest BCUT2D eigenvalue weighted by atomic mass is 16.5. The van der Waals surface area contributed by atoms with E-state index in [1.54, 1.807) is 38.3 Å². The number of pyridine rings is 1. The highest BCUT2D eigenvalue weighted by Gasteiger charge is 2.12. The van der Waals surface area contributed by atoms with Crippen LogP contribution in [0.25, 0.3) is 0 Å². The maximum absolute atomic E-state index is 11.2. The Morgan fingerprint density at radius 3 is 2.83 bits per heavy atom. The van der Waals surface area contributed by atoms with Gasteiger partial charge < -0.3 is 20.5 Å². The lowest BCUT2D eigenvalue weighted by molar-refractivity contribution is 0.111. The predicted molar refractivity (Wildman–Crippen MR) is 90.4 cm³/mol. The average molecular weight is 326 g/mol. The summed E-state index contributed by atoms with van der Waals surface area (Å²) in [6, 6.07) is 8.82. The topological polar surface area (TPSA) is 110 Å². The van der Waals surface area contributed by atoms with Gasteiger partial charge in [0, 0.05) is 24.4 Å². The molecule has 3 N–H and O–H groups in total. The zero-order valence-corrected chi connectivity index (χ0v) is 13.5. The molecule has 0 aliphatic carbocycles. The van der Waals surface area contributed by atoms with Crippen molar-refractivity contribution in [3.05, 3.63) is 41.0 Å². The minimum atomic E-state index is 0.175. The van der Waals surface area contributed by atoms with Gasteiger partial charge in [0.05, 0.1) is 18.9 Å². The maximum atomic E-state index is 11.2. The number of hydrogen-bond donors (Lipinski definition) is 2. The molecule has 124 valence electrons. The van der Waals surface area contributed by atoms with Crippen LogP contribution in [0.2, 0.25) is 0 Å². The number of nitriles is 1. The molecule has 0 radical (unpaired) electrons. The number of hydrogen-bond acceptors (Lipinski definition) is 7. The van der Waals surface area contributed by atoms with Crippen LogP contribution in [0.15, 0.2) is 24.3 Å². The molecule has 0 amide bonds. The Morgan fingerprint density at radius 1 is 1.42 bits per heavy atom. The van der Waals surface area contributed by atoms with Gasteiger partial charge >= 0.3 is 0 Å². The van der Waals surface area contributed by atoms with Crippen LogP contribution in [0.3, 0.4) is 0 Å². The number of nitrogens with two attached hydrogens (primary N) is 1. The van der Waals surface area contributed by atoms with Gasteiger partial charge in [0.25, 0.3) is 0 Å². The lowest BCUT2D eigenvalue weighted by Crippen LogP contribution is -2.04. The van der Waals surface area contributed by atoms with Gasteiger partial charge in [-0.3, -0.25) is 4.79 Å². The Labute approximate surface area is 140 Å². The number of benzene rings is 1. The van der Waals surface area contributed by atoms with Gasteiger partial charge in [-0.1, -0.05) is 6.07 Å². The normalized spacial score (nSPS) is 10.0. The molecule has 0 unspecified atom stereocenters. The van der Waals surface area contributed by atoms with Crippen molar-refractivity contribution in [3.8, 4) is 11.9 Å². The van der Waals surface area contributed by atoms with E-state index in [1.165, 1.54) is 0 Å². The molecule has 0 fully saturated rings. The van der Waals surface area contributed by atoms with E-state index in [9.17, 15) is 4.79 Å². The number of carbonyl (C=O) groups is 1. The first-order valence-corrected chi connectivity index (χ1v) is 7.30. The van der Waals surface area contributed by atoms with Crippen LogP contribution in [0.1, 0.15) is 28.4 Å². The van der Waals surface area contributed by atoms with E-state index in [4.69, 9.17) is 20.5 Å². The van der Waals surface area contributed by atoms with Gasteiger partial charge in [-0.15, -0.1) is 0 Å². The number of anilines is 3. The summed E-state index contributed by atoms with van der Waals surface area (Å²) in [6.45, 7) is 2.51. The van der Waals surface area contributed by atoms with E-state index >= 15 is 0 Å². The van der Waals surface area contributed by atoms with Gasteiger partial charge in [-0.05, 0) is 24.6 Å². The van der Waals surface area contributed by atoms with Crippen LogP contribution in [0.5, 0.6) is 5.88 Å². The van der Waals surface area contributed by atoms with Crippen LogP contribution in [-0.4, -0.2) is 25.0 Å². The van der Waals surface area contributed by atoms with Gasteiger partial charge in [0.15, 0.2) is 0 Å². The highest BCUT2D eigenvalue weighted by molar-refractivity contribution is 5.80. The van der Waals surface area contributed by atoms with Crippen molar-refractivity contribution in [2.75, 3.05) is 24.8 Å². The largest absolute Gasteiger partial charge is 0.477 e. The Hall–Kier alpha value is -3.11. The van der Waals surface area contributed by atoms with Gasteiger partial charge in [-0.2, -0.15) is 10.2 Å². The molecule has 1 aromatic carbocycles. The van der Waals surface area contributed by atoms with E-state index < -0.39 is 0 Å². The summed E-state index contributed by atoms with van der Waals surface area (Å²) in [5, 5.41) is 12.2. The number of carbonyl (C=O) groups excluding carboxylic acids is 1. The number of methoxy groups -OCH3 is 1. The average Bonchev–Trinajstić information content (AvgIpc) is 2.56. The fraction of sp³-hybridized carbons (Fsp3) is 0.235. The summed E-state index contributed by atoms with van der Waals surface area (Å²) in [5.41, 5.74) is 8.33. The highest BCUT2D eigenvalue weighted by Crippen LogP contribution is 2.27. The van der Waals surface area contributed by atoms with Crippen LogP contribution in [-0.2, 0) is 11.3 Å². The zero-order chi connectivity index (χ0) is 17.5. The molecule has 0 saturated heterocycles. The molecular weight excluding hydrogens is 308 g/mol. The number of aldehydes is 1. The molecule has 0 saturated carbocycles. The summed E-state index contributed by atoms with van der Waals surface area (Å²) in [4.78, 5) is 15.5. The fourth-order valence-corrected chi connectivity index (χ4v) is 2.18. The predicted octanol–water partition coefficient (Wildman–Crippen LogP) is 2.64. The first-order chi connectivity index (χ1) is 11.6. The van der Waals surface area contributed by atoms with Crippen LogP contribution < -0.4 is 15.8 Å². The van der Waals surface area contributed by atoms with Crippen molar-refractivity contribution in [1.29, 1.82) is 5.26 Å². The standard InChI is InChI=1S/C17H18N4O3/c1-3-24-17-14(8-18)15(19)7-16(21-17)20-13-5-4-11(10-23-2)12(6-13)9-22/h4-7,9H,3,10H2,1-2H3,(H3,19,20,21). The summed E-state index contributed by atoms with van der Waals surface area (Å²) in [7, 11) is 1.57. The monoisotopic (exact) mass is 326 g/mol. The summed E-state index contributed by atoms with van der Waals surface area (Å²) < 4.78 is 10.4. The molecule has 2 rings (SSSR count). The van der Waals surface area contributed by atoms with E-state index in [0.717, 1.165) is 11.8 Å². The molecule has 0 spiro atoms. The van der Waals surface area contributed by atoms with Gasteiger partial charge in [0.2, 0.25) is 5.88 Å².